The van der Waals surface area contributed by atoms with Gasteiger partial charge in [-0.15, -0.1) is 0 Å². The smallest absolute Gasteiger partial charge is 0.309 e. The average molecular weight is 1040 g/mol. The number of nitrogens with zero attached hydrogens (tertiary/aromatic N) is 4. The second-order valence-electron chi connectivity index (χ2n) is 20.8. The molecule has 0 bridgehead atoms. The van der Waals surface area contributed by atoms with Gasteiger partial charge in [-0.1, -0.05) is 133 Å². The third kappa shape index (κ3) is 8.31. The minimum absolute atomic E-state index is 0.0905. The summed E-state index contributed by atoms with van der Waals surface area (Å²) in [5.41, 5.74) is 18.7. The van der Waals surface area contributed by atoms with Crippen molar-refractivity contribution < 1.29 is 13.2 Å². The molecule has 13 rings (SSSR count). The molecule has 13 aromatic rings. The van der Waals surface area contributed by atoms with Gasteiger partial charge in [0.25, 0.3) is 0 Å². The summed E-state index contributed by atoms with van der Waals surface area (Å²) in [5, 5.41) is 24.7. The van der Waals surface area contributed by atoms with Gasteiger partial charge in [0.1, 0.15) is 0 Å². The van der Waals surface area contributed by atoms with Crippen LogP contribution in [0.1, 0.15) is 38.9 Å². The number of benzene rings is 11. The molecule has 0 aliphatic carbocycles. The Morgan fingerprint density at radius 3 is 1.10 bits per heavy atom. The molecular weight excluding hydrogens is 990 g/mol. The summed E-state index contributed by atoms with van der Waals surface area (Å²) in [4.78, 5) is 0. The van der Waals surface area contributed by atoms with Gasteiger partial charge in [-0.25, -0.2) is 0 Å². The van der Waals surface area contributed by atoms with Crippen LogP contribution in [0.2, 0.25) is 0 Å². The zero-order chi connectivity index (χ0) is 55.0. The predicted molar refractivity (Wildman–Crippen MR) is 321 cm³/mol. The average Bonchev–Trinajstić information content (AvgIpc) is 4.18. The molecule has 0 aliphatic rings. The van der Waals surface area contributed by atoms with E-state index in [4.69, 9.17) is 0 Å². The molecule has 0 atom stereocenters. The van der Waals surface area contributed by atoms with Crippen molar-refractivity contribution in [3.8, 4) is 90.3 Å². The molecule has 382 valence electrons. The maximum atomic E-state index is 15.6. The van der Waals surface area contributed by atoms with E-state index in [1.165, 1.54) is 12.1 Å². The molecule has 2 heterocycles. The normalized spacial score (nSPS) is 11.7. The molecule has 0 N–H and O–H groups in total. The van der Waals surface area contributed by atoms with E-state index in [-0.39, 0.29) is 16.7 Å². The number of rotatable bonds is 8. The van der Waals surface area contributed by atoms with Gasteiger partial charge in [-0.3, -0.25) is 0 Å². The van der Waals surface area contributed by atoms with Gasteiger partial charge in [0.2, 0.25) is 0 Å². The van der Waals surface area contributed by atoms with Gasteiger partial charge in [0.15, 0.2) is 0 Å². The summed E-state index contributed by atoms with van der Waals surface area (Å²) in [5.74, 6) is 0. The number of fused-ring (bicyclic) bond motifs is 6. The van der Waals surface area contributed by atoms with Gasteiger partial charge >= 0.3 is 6.18 Å². The fourth-order valence-electron chi connectivity index (χ4n) is 12.1. The Labute approximate surface area is 461 Å². The van der Waals surface area contributed by atoms with Gasteiger partial charge in [-0.2, -0.15) is 23.7 Å². The summed E-state index contributed by atoms with van der Waals surface area (Å²) >= 11 is 0. The van der Waals surface area contributed by atoms with Crippen molar-refractivity contribution in [2.45, 2.75) is 33.9 Å². The van der Waals surface area contributed by atoms with Crippen LogP contribution >= 0.6 is 0 Å². The quantitative estimate of drug-likeness (QED) is 0.152. The molecule has 0 unspecified atom stereocenters. The van der Waals surface area contributed by atoms with Crippen LogP contribution in [0.25, 0.3) is 122 Å². The van der Waals surface area contributed by atoms with Crippen LogP contribution in [-0.4, -0.2) is 9.13 Å². The first-order valence-electron chi connectivity index (χ1n) is 26.6. The monoisotopic (exact) mass is 1040 g/mol. The Balaban J connectivity index is 1.12. The number of hydrogen-bond donors (Lipinski definition) is 0. The zero-order valence-electron chi connectivity index (χ0n) is 44.3. The predicted octanol–water partition coefficient (Wildman–Crippen LogP) is 19.9. The number of halogens is 3. The van der Waals surface area contributed by atoms with Crippen molar-refractivity contribution in [1.82, 2.24) is 9.13 Å². The van der Waals surface area contributed by atoms with Crippen LogP contribution < -0.4 is 0 Å². The van der Waals surface area contributed by atoms with Crippen molar-refractivity contribution in [1.29, 1.82) is 10.5 Å². The van der Waals surface area contributed by atoms with Crippen LogP contribution in [0.15, 0.2) is 224 Å². The second kappa shape index (κ2) is 19.4. The van der Waals surface area contributed by atoms with Gasteiger partial charge in [0, 0.05) is 32.8 Å². The Morgan fingerprint density at radius 2 is 0.700 bits per heavy atom. The molecule has 11 aromatic carbocycles. The number of nitriles is 2. The highest BCUT2D eigenvalue weighted by Gasteiger charge is 2.35. The van der Waals surface area contributed by atoms with Gasteiger partial charge in [-0.05, 0) is 202 Å². The van der Waals surface area contributed by atoms with E-state index in [2.05, 4.69) is 164 Å². The summed E-state index contributed by atoms with van der Waals surface area (Å²) in [6.45, 7) is 8.44. The number of aromatic nitrogens is 2. The lowest BCUT2D eigenvalue weighted by atomic mass is 9.89. The highest BCUT2D eigenvalue weighted by atomic mass is 19.4. The molecule has 0 saturated carbocycles. The standard InChI is InChI=1S/C73H49F3N4/c1-44-13-5-9-17-55(44)50-23-31-68-63(37-50)64-38-51(56-18-10-6-14-45(56)2)24-32-69(64)79(68)54-27-29-59(60-28-21-49(43-78)36-67(60)73(74,75)76)61(41-54)62-35-48(42-77)22-30-70(62)80-71-33-25-52(57-19-11-7-15-46(57)3)39-65(71)66-40-53(26-34-72(66)80)58-20-12-8-16-47(58)4/h5-41H,1-4H3. The van der Waals surface area contributed by atoms with Crippen LogP contribution in [-0.2, 0) is 6.18 Å². The Kier molecular flexibility index (Phi) is 11.9. The lowest BCUT2D eigenvalue weighted by Crippen LogP contribution is -2.08. The van der Waals surface area contributed by atoms with Crippen LogP contribution in [0.3, 0.4) is 0 Å². The molecule has 0 spiro atoms. The van der Waals surface area contributed by atoms with E-state index in [1.54, 1.807) is 18.2 Å². The van der Waals surface area contributed by atoms with Crippen LogP contribution in [0.4, 0.5) is 13.2 Å². The van der Waals surface area contributed by atoms with Crippen molar-refractivity contribution in [3.63, 3.8) is 0 Å². The Bertz CT molecular complexity index is 4580. The SMILES string of the molecule is Cc1ccccc1-c1ccc2c(c1)c1cc(-c3ccccc3C)ccc1n2-c1ccc(-c2ccc(C#N)cc2C(F)(F)F)c(-c2cc(C#N)ccc2-n2c3ccc(-c4ccccc4C)cc3c3cc(-c4ccccc4C)ccc32)c1. The molecule has 0 fully saturated rings. The lowest BCUT2D eigenvalue weighted by Gasteiger charge is -2.21. The largest absolute Gasteiger partial charge is 0.417 e. The van der Waals surface area contributed by atoms with Crippen LogP contribution in [0, 0.1) is 50.4 Å². The van der Waals surface area contributed by atoms with Crippen molar-refractivity contribution in [2.24, 2.45) is 0 Å². The topological polar surface area (TPSA) is 57.4 Å². The molecular formula is C73H49F3N4. The lowest BCUT2D eigenvalue weighted by molar-refractivity contribution is -0.137. The van der Waals surface area contributed by atoms with E-state index in [0.29, 0.717) is 28.1 Å². The van der Waals surface area contributed by atoms with E-state index < -0.39 is 11.7 Å². The van der Waals surface area contributed by atoms with E-state index >= 15 is 13.2 Å². The zero-order valence-corrected chi connectivity index (χ0v) is 44.3. The molecule has 0 amide bonds. The number of alkyl halides is 3. The summed E-state index contributed by atoms with van der Waals surface area (Å²) in [6, 6.07) is 78.5. The number of hydrogen-bond acceptors (Lipinski definition) is 2. The fraction of sp³-hybridized carbons (Fsp3) is 0.0685. The van der Waals surface area contributed by atoms with E-state index in [1.807, 2.05) is 72.8 Å². The first-order chi connectivity index (χ1) is 38.9. The first-order valence-corrected chi connectivity index (χ1v) is 26.6. The van der Waals surface area contributed by atoms with Crippen LogP contribution in [0.5, 0.6) is 0 Å². The minimum Gasteiger partial charge on any atom is -0.309 e. The summed E-state index contributed by atoms with van der Waals surface area (Å²) < 4.78 is 51.1. The Hall–Kier alpha value is -10.2. The third-order valence-corrected chi connectivity index (χ3v) is 16.0. The molecule has 0 aliphatic heterocycles. The van der Waals surface area contributed by atoms with Crippen molar-refractivity contribution in [3.05, 3.63) is 263 Å². The molecule has 2 aromatic heterocycles. The second-order valence-corrected chi connectivity index (χ2v) is 20.8. The first kappa shape index (κ1) is 49.4. The van der Waals surface area contributed by atoms with E-state index in [9.17, 15) is 10.5 Å². The third-order valence-electron chi connectivity index (χ3n) is 16.0. The minimum atomic E-state index is -4.82. The molecule has 0 saturated heterocycles. The highest BCUT2D eigenvalue weighted by molar-refractivity contribution is 6.14. The maximum absolute atomic E-state index is 15.6. The van der Waals surface area contributed by atoms with Crippen molar-refractivity contribution in [2.75, 3.05) is 0 Å². The molecule has 80 heavy (non-hydrogen) atoms. The summed E-state index contributed by atoms with van der Waals surface area (Å²) in [6.07, 6.45) is -4.82. The summed E-state index contributed by atoms with van der Waals surface area (Å²) in [7, 11) is 0. The Morgan fingerprint density at radius 1 is 0.325 bits per heavy atom. The maximum Gasteiger partial charge on any atom is 0.417 e. The molecule has 4 nitrogen and oxygen atoms in total. The number of aryl methyl sites for hydroxylation is 4. The van der Waals surface area contributed by atoms with Gasteiger partial charge in [0.05, 0.1) is 56.6 Å². The van der Waals surface area contributed by atoms with Crippen molar-refractivity contribution >= 4 is 43.6 Å². The molecule has 7 heteroatoms. The fourth-order valence-corrected chi connectivity index (χ4v) is 12.1. The van der Waals surface area contributed by atoms with E-state index in [0.717, 1.165) is 116 Å². The highest BCUT2D eigenvalue weighted by Crippen LogP contribution is 2.47. The van der Waals surface area contributed by atoms with Gasteiger partial charge < -0.3 is 9.13 Å². The molecule has 0 radical (unpaired) electrons.